The molecule has 0 bridgehead atoms. The van der Waals surface area contributed by atoms with Gasteiger partial charge in [0, 0.05) is 0 Å². The van der Waals surface area contributed by atoms with Gasteiger partial charge in [0.2, 0.25) is 0 Å². The highest BCUT2D eigenvalue weighted by Crippen LogP contribution is 2.13. The summed E-state index contributed by atoms with van der Waals surface area (Å²) >= 11 is 0. The molecule has 1 aromatic rings. The molecule has 0 saturated carbocycles. The number of phenols is 1. The van der Waals surface area contributed by atoms with Crippen molar-refractivity contribution < 1.29 is 5.11 Å². The van der Waals surface area contributed by atoms with Gasteiger partial charge in [0.25, 0.3) is 0 Å². The Morgan fingerprint density at radius 2 is 1.88 bits per heavy atom. The van der Waals surface area contributed by atoms with E-state index in [9.17, 15) is 0 Å². The lowest BCUT2D eigenvalue weighted by atomic mass is 10.0. The van der Waals surface area contributed by atoms with Crippen molar-refractivity contribution >= 4 is 6.08 Å². The number of hydrogen-bond donors (Lipinski definition) is 3. The second kappa shape index (κ2) is 5.68. The van der Waals surface area contributed by atoms with Gasteiger partial charge >= 0.3 is 0 Å². The minimum Gasteiger partial charge on any atom is -0.508 e. The first kappa shape index (κ1) is 12.7. The van der Waals surface area contributed by atoms with E-state index in [1.165, 1.54) is 0 Å². The van der Waals surface area contributed by atoms with E-state index in [1.807, 2.05) is 24.3 Å². The molecule has 1 rings (SSSR count). The summed E-state index contributed by atoms with van der Waals surface area (Å²) in [5, 5.41) is 9.12. The van der Waals surface area contributed by atoms with Crippen LogP contribution in [0.2, 0.25) is 0 Å². The minimum atomic E-state index is -0.609. The quantitative estimate of drug-likeness (QED) is 0.666. The molecule has 0 radical (unpaired) electrons. The fraction of sp³-hybridized carbons (Fsp3) is 0.385. The average Bonchev–Trinajstić information content (AvgIpc) is 2.20. The second-order valence-electron chi connectivity index (χ2n) is 4.18. The van der Waals surface area contributed by atoms with Gasteiger partial charge < -0.3 is 16.6 Å². The highest BCUT2D eigenvalue weighted by molar-refractivity contribution is 5.50. The number of benzene rings is 1. The predicted octanol–water partition coefficient (Wildman–Crippen LogP) is 2.21. The van der Waals surface area contributed by atoms with Gasteiger partial charge in [-0.2, -0.15) is 0 Å². The fourth-order valence-electron chi connectivity index (χ4n) is 1.57. The molecule has 0 atom stereocenters. The Labute approximate surface area is 96.8 Å². The Balaban J connectivity index is 2.51. The molecular formula is C13H20N2O. The summed E-state index contributed by atoms with van der Waals surface area (Å²) in [6.07, 6.45) is 6.39. The summed E-state index contributed by atoms with van der Waals surface area (Å²) in [4.78, 5) is 0. The standard InChI is InChI=1S/C13H20N2O/c1-2-9-13(14,15)10-3-4-11-5-7-12(16)8-6-11/h3-8,16H,2,9-10,14-15H2,1H3. The van der Waals surface area contributed by atoms with Crippen LogP contribution >= 0.6 is 0 Å². The molecule has 0 unspecified atom stereocenters. The maximum atomic E-state index is 9.12. The Bertz CT molecular complexity index is 341. The van der Waals surface area contributed by atoms with Crippen LogP contribution in [0.25, 0.3) is 6.08 Å². The van der Waals surface area contributed by atoms with E-state index in [4.69, 9.17) is 16.6 Å². The lowest BCUT2D eigenvalue weighted by Gasteiger charge is -2.21. The van der Waals surface area contributed by atoms with Crippen molar-refractivity contribution in [1.29, 1.82) is 0 Å². The van der Waals surface area contributed by atoms with Crippen LogP contribution < -0.4 is 11.5 Å². The molecule has 5 N–H and O–H groups in total. The molecule has 0 aliphatic carbocycles. The van der Waals surface area contributed by atoms with Crippen molar-refractivity contribution in [3.8, 4) is 5.75 Å². The Morgan fingerprint density at radius 1 is 1.25 bits per heavy atom. The van der Waals surface area contributed by atoms with Gasteiger partial charge in [-0.05, 0) is 30.5 Å². The smallest absolute Gasteiger partial charge is 0.115 e. The Morgan fingerprint density at radius 3 is 2.44 bits per heavy atom. The third kappa shape index (κ3) is 4.47. The topological polar surface area (TPSA) is 72.3 Å². The largest absolute Gasteiger partial charge is 0.508 e. The van der Waals surface area contributed by atoms with Gasteiger partial charge in [-0.1, -0.05) is 37.6 Å². The third-order valence-corrected chi connectivity index (χ3v) is 2.42. The number of rotatable bonds is 5. The van der Waals surface area contributed by atoms with E-state index < -0.39 is 5.66 Å². The molecule has 1 aromatic carbocycles. The molecule has 16 heavy (non-hydrogen) atoms. The van der Waals surface area contributed by atoms with E-state index >= 15 is 0 Å². The zero-order chi connectivity index (χ0) is 12.0. The summed E-state index contributed by atoms with van der Waals surface area (Å²) in [5.74, 6) is 0.273. The van der Waals surface area contributed by atoms with Gasteiger partial charge in [-0.25, -0.2) is 0 Å². The molecule has 0 fully saturated rings. The van der Waals surface area contributed by atoms with Crippen molar-refractivity contribution in [2.45, 2.75) is 31.8 Å². The van der Waals surface area contributed by atoms with Crippen molar-refractivity contribution in [3.05, 3.63) is 35.9 Å². The first-order valence-corrected chi connectivity index (χ1v) is 5.57. The number of phenolic OH excluding ortho intramolecular Hbond substituents is 1. The summed E-state index contributed by atoms with van der Waals surface area (Å²) in [6, 6.07) is 7.01. The molecule has 3 heteroatoms. The van der Waals surface area contributed by atoms with Crippen molar-refractivity contribution in [2.75, 3.05) is 0 Å². The highest BCUT2D eigenvalue weighted by atomic mass is 16.3. The van der Waals surface area contributed by atoms with Gasteiger partial charge in [0.05, 0.1) is 5.66 Å². The van der Waals surface area contributed by atoms with Crippen LogP contribution in [0, 0.1) is 0 Å². The summed E-state index contributed by atoms with van der Waals surface area (Å²) in [5.41, 5.74) is 12.2. The molecule has 3 nitrogen and oxygen atoms in total. The van der Waals surface area contributed by atoms with Crippen LogP contribution in [0.5, 0.6) is 5.75 Å². The Kier molecular flexibility index (Phi) is 4.52. The van der Waals surface area contributed by atoms with E-state index in [0.717, 1.165) is 18.4 Å². The lowest BCUT2D eigenvalue weighted by molar-refractivity contribution is 0.409. The van der Waals surface area contributed by atoms with Crippen LogP contribution in [0.4, 0.5) is 0 Å². The molecule has 0 aromatic heterocycles. The van der Waals surface area contributed by atoms with E-state index in [0.29, 0.717) is 6.42 Å². The maximum absolute atomic E-state index is 9.12. The van der Waals surface area contributed by atoms with Crippen LogP contribution in [0.3, 0.4) is 0 Å². The molecule has 0 amide bonds. The van der Waals surface area contributed by atoms with Gasteiger partial charge in [-0.15, -0.1) is 0 Å². The predicted molar refractivity (Wildman–Crippen MR) is 67.8 cm³/mol. The molecule has 0 aliphatic rings. The zero-order valence-electron chi connectivity index (χ0n) is 9.69. The van der Waals surface area contributed by atoms with Crippen LogP contribution in [0.1, 0.15) is 31.7 Å². The maximum Gasteiger partial charge on any atom is 0.115 e. The van der Waals surface area contributed by atoms with Gasteiger partial charge in [-0.3, -0.25) is 0 Å². The summed E-state index contributed by atoms with van der Waals surface area (Å²) in [6.45, 7) is 2.07. The normalized spacial score (nSPS) is 12.2. The van der Waals surface area contributed by atoms with Crippen LogP contribution in [0.15, 0.2) is 30.3 Å². The molecule has 0 spiro atoms. The first-order valence-electron chi connectivity index (χ1n) is 5.57. The minimum absolute atomic E-state index is 0.273. The Hall–Kier alpha value is -1.32. The molecular weight excluding hydrogens is 200 g/mol. The molecule has 0 saturated heterocycles. The second-order valence-corrected chi connectivity index (χ2v) is 4.18. The fourth-order valence-corrected chi connectivity index (χ4v) is 1.57. The van der Waals surface area contributed by atoms with Gasteiger partial charge in [0.15, 0.2) is 0 Å². The van der Waals surface area contributed by atoms with E-state index in [2.05, 4.69) is 6.92 Å². The highest BCUT2D eigenvalue weighted by Gasteiger charge is 2.14. The summed E-state index contributed by atoms with van der Waals surface area (Å²) < 4.78 is 0. The number of nitrogens with two attached hydrogens (primary N) is 2. The first-order chi connectivity index (χ1) is 7.53. The average molecular weight is 220 g/mol. The van der Waals surface area contributed by atoms with E-state index in [-0.39, 0.29) is 5.75 Å². The van der Waals surface area contributed by atoms with Crippen molar-refractivity contribution in [1.82, 2.24) is 0 Å². The third-order valence-electron chi connectivity index (χ3n) is 2.42. The van der Waals surface area contributed by atoms with Crippen molar-refractivity contribution in [3.63, 3.8) is 0 Å². The number of hydrogen-bond acceptors (Lipinski definition) is 3. The van der Waals surface area contributed by atoms with Gasteiger partial charge in [0.1, 0.15) is 5.75 Å². The van der Waals surface area contributed by atoms with Crippen LogP contribution in [-0.4, -0.2) is 10.8 Å². The SMILES string of the molecule is CCCC(N)(N)CC=Cc1ccc(O)cc1. The number of aromatic hydroxyl groups is 1. The monoisotopic (exact) mass is 220 g/mol. The summed E-state index contributed by atoms with van der Waals surface area (Å²) in [7, 11) is 0. The molecule has 0 heterocycles. The lowest BCUT2D eigenvalue weighted by Crippen LogP contribution is -2.48. The zero-order valence-corrected chi connectivity index (χ0v) is 9.69. The molecule has 88 valence electrons. The van der Waals surface area contributed by atoms with Crippen LogP contribution in [-0.2, 0) is 0 Å². The van der Waals surface area contributed by atoms with E-state index in [1.54, 1.807) is 12.1 Å². The molecule has 0 aliphatic heterocycles. The van der Waals surface area contributed by atoms with Crippen molar-refractivity contribution in [2.24, 2.45) is 11.5 Å².